The molecule has 0 fully saturated rings. The smallest absolute Gasteiger partial charge is 0.259 e. The number of hydrogen-bond donors (Lipinski definition) is 1. The van der Waals surface area contributed by atoms with Crippen LogP contribution in [-0.2, 0) is 19.4 Å². The number of rotatable bonds is 7. The van der Waals surface area contributed by atoms with Crippen molar-refractivity contribution in [3.05, 3.63) is 109 Å². The minimum Gasteiger partial charge on any atom is -0.489 e. The highest BCUT2D eigenvalue weighted by Crippen LogP contribution is 2.45. The zero-order valence-corrected chi connectivity index (χ0v) is 26.0. The Balaban J connectivity index is 1.36. The maximum Gasteiger partial charge on any atom is 0.259 e. The Morgan fingerprint density at radius 1 is 1.07 bits per heavy atom. The fourth-order valence-corrected chi connectivity index (χ4v) is 6.55. The number of thiophene rings is 1. The van der Waals surface area contributed by atoms with Crippen LogP contribution < -0.4 is 10.1 Å². The van der Waals surface area contributed by atoms with Crippen LogP contribution in [0.5, 0.6) is 5.75 Å². The van der Waals surface area contributed by atoms with E-state index in [0.717, 1.165) is 51.2 Å². The highest BCUT2D eigenvalue weighted by Gasteiger charge is 2.33. The maximum absolute atomic E-state index is 13.6. The summed E-state index contributed by atoms with van der Waals surface area (Å²) >= 11 is 11.1. The van der Waals surface area contributed by atoms with Gasteiger partial charge in [0.1, 0.15) is 17.4 Å². The first-order chi connectivity index (χ1) is 19.2. The van der Waals surface area contributed by atoms with Gasteiger partial charge in [0.25, 0.3) is 5.91 Å². The molecule has 0 unspecified atom stereocenters. The number of anilines is 1. The van der Waals surface area contributed by atoms with E-state index in [1.54, 1.807) is 23.5 Å². The second-order valence-corrected chi connectivity index (χ2v) is 13.6. The molecule has 1 heterocycles. The van der Waals surface area contributed by atoms with Crippen molar-refractivity contribution < 1.29 is 9.53 Å². The second kappa shape index (κ2) is 12.3. The van der Waals surface area contributed by atoms with Gasteiger partial charge in [-0.1, -0.05) is 60.4 Å². The maximum atomic E-state index is 13.6. The number of nitrogens with one attached hydrogen (secondary N) is 1. The average molecular weight is 636 g/mol. The molecule has 1 atom stereocenters. The van der Waals surface area contributed by atoms with E-state index in [1.165, 1.54) is 4.88 Å². The standard InChI is InChI=1S/C33H32BrClN2O2S/c1-33(2,3)23-8-17-28-29(18-23)40-32(30(28)31(38)37-26-13-11-25(35)12-14-26)36-19-21-6-15-27(16-7-21)39-20-22-4-9-24(34)10-5-22/h4-7,9-16,19,23H,8,17-18,20H2,1-3H3,(H,37,38)/t23-/m1/s1. The van der Waals surface area contributed by atoms with Crippen LogP contribution in [0.2, 0.25) is 5.02 Å². The molecule has 7 heteroatoms. The predicted molar refractivity (Wildman–Crippen MR) is 171 cm³/mol. The first kappa shape index (κ1) is 28.6. The summed E-state index contributed by atoms with van der Waals surface area (Å²) in [6, 6.07) is 23.1. The lowest BCUT2D eigenvalue weighted by Gasteiger charge is -2.33. The molecule has 1 aliphatic rings. The number of carbonyl (C=O) groups is 1. The average Bonchev–Trinajstić information content (AvgIpc) is 3.31. The fourth-order valence-electron chi connectivity index (χ4n) is 4.89. The van der Waals surface area contributed by atoms with Crippen LogP contribution in [0.25, 0.3) is 0 Å². The van der Waals surface area contributed by atoms with Crippen molar-refractivity contribution in [1.29, 1.82) is 0 Å². The summed E-state index contributed by atoms with van der Waals surface area (Å²) in [7, 11) is 0. The molecule has 3 aromatic carbocycles. The summed E-state index contributed by atoms with van der Waals surface area (Å²) < 4.78 is 6.99. The molecule has 5 rings (SSSR count). The third kappa shape index (κ3) is 7.03. The molecular weight excluding hydrogens is 604 g/mol. The molecule has 0 aliphatic heterocycles. The lowest BCUT2D eigenvalue weighted by Crippen LogP contribution is -2.27. The van der Waals surface area contributed by atoms with E-state index in [0.29, 0.717) is 28.8 Å². The molecule has 206 valence electrons. The highest BCUT2D eigenvalue weighted by molar-refractivity contribution is 9.10. The van der Waals surface area contributed by atoms with Crippen LogP contribution in [0.15, 0.2) is 82.3 Å². The number of hydrogen-bond acceptors (Lipinski definition) is 4. The molecule has 40 heavy (non-hydrogen) atoms. The van der Waals surface area contributed by atoms with Crippen molar-refractivity contribution in [2.45, 2.75) is 46.6 Å². The minimum absolute atomic E-state index is 0.127. The summed E-state index contributed by atoms with van der Waals surface area (Å²) in [6.45, 7) is 7.41. The number of carbonyl (C=O) groups excluding carboxylic acids is 1. The number of benzene rings is 3. The first-order valence-corrected chi connectivity index (χ1v) is 15.4. The van der Waals surface area contributed by atoms with Gasteiger partial charge in [-0.3, -0.25) is 4.79 Å². The predicted octanol–water partition coefficient (Wildman–Crippen LogP) is 9.90. The van der Waals surface area contributed by atoms with Gasteiger partial charge in [0.2, 0.25) is 0 Å². The van der Waals surface area contributed by atoms with Crippen molar-refractivity contribution in [2.75, 3.05) is 5.32 Å². The van der Waals surface area contributed by atoms with Crippen LogP contribution in [0.4, 0.5) is 10.7 Å². The van der Waals surface area contributed by atoms with Gasteiger partial charge >= 0.3 is 0 Å². The molecule has 4 aromatic rings. The summed E-state index contributed by atoms with van der Waals surface area (Å²) in [6.07, 6.45) is 4.76. The van der Waals surface area contributed by atoms with Crippen molar-refractivity contribution in [1.82, 2.24) is 0 Å². The monoisotopic (exact) mass is 634 g/mol. The molecule has 1 aromatic heterocycles. The molecule has 4 nitrogen and oxygen atoms in total. The van der Waals surface area contributed by atoms with E-state index in [4.69, 9.17) is 21.3 Å². The first-order valence-electron chi connectivity index (χ1n) is 13.4. The van der Waals surface area contributed by atoms with Gasteiger partial charge in [-0.15, -0.1) is 11.3 Å². The molecule has 0 bridgehead atoms. The molecule has 1 amide bonds. The quantitative estimate of drug-likeness (QED) is 0.206. The van der Waals surface area contributed by atoms with Gasteiger partial charge in [0.15, 0.2) is 0 Å². The molecule has 0 radical (unpaired) electrons. The van der Waals surface area contributed by atoms with Gasteiger partial charge < -0.3 is 10.1 Å². The van der Waals surface area contributed by atoms with Crippen LogP contribution in [0.1, 0.15) is 59.1 Å². The molecule has 0 saturated carbocycles. The summed E-state index contributed by atoms with van der Waals surface area (Å²) in [5.74, 6) is 1.24. The van der Waals surface area contributed by atoms with Gasteiger partial charge in [0, 0.05) is 26.3 Å². The van der Waals surface area contributed by atoms with E-state index in [1.807, 2.05) is 66.9 Å². The Morgan fingerprint density at radius 2 is 1.77 bits per heavy atom. The van der Waals surface area contributed by atoms with Crippen molar-refractivity contribution in [3.63, 3.8) is 0 Å². The van der Waals surface area contributed by atoms with E-state index in [-0.39, 0.29) is 11.3 Å². The normalized spacial score (nSPS) is 15.2. The Kier molecular flexibility index (Phi) is 8.79. The number of aliphatic imine (C=N–C) groups is 1. The second-order valence-electron chi connectivity index (χ2n) is 11.2. The fraction of sp³-hybridized carbons (Fsp3) is 0.273. The van der Waals surface area contributed by atoms with Gasteiger partial charge in [-0.05, 0) is 108 Å². The van der Waals surface area contributed by atoms with E-state index < -0.39 is 0 Å². The lowest BCUT2D eigenvalue weighted by molar-refractivity contribution is 0.102. The van der Waals surface area contributed by atoms with Crippen LogP contribution in [-0.4, -0.2) is 12.1 Å². The van der Waals surface area contributed by atoms with Crippen molar-refractivity contribution >= 4 is 61.7 Å². The summed E-state index contributed by atoms with van der Waals surface area (Å²) in [5, 5.41) is 4.44. The van der Waals surface area contributed by atoms with Crippen LogP contribution in [0.3, 0.4) is 0 Å². The van der Waals surface area contributed by atoms with E-state index in [2.05, 4.69) is 42.0 Å². The zero-order chi connectivity index (χ0) is 28.3. The number of halogens is 2. The third-order valence-corrected chi connectivity index (χ3v) is 9.27. The van der Waals surface area contributed by atoms with Crippen molar-refractivity contribution in [2.24, 2.45) is 16.3 Å². The van der Waals surface area contributed by atoms with Gasteiger partial charge in [-0.2, -0.15) is 0 Å². The van der Waals surface area contributed by atoms with E-state index in [9.17, 15) is 4.79 Å². The SMILES string of the molecule is CC(C)(C)[C@@H]1CCc2c(sc(N=Cc3ccc(OCc4ccc(Br)cc4)cc3)c2C(=O)Nc2ccc(Cl)cc2)C1. The molecule has 1 N–H and O–H groups in total. The lowest BCUT2D eigenvalue weighted by atomic mass is 9.72. The molecular formula is C33H32BrClN2O2S. The molecule has 0 spiro atoms. The topological polar surface area (TPSA) is 50.7 Å². The zero-order valence-electron chi connectivity index (χ0n) is 22.8. The largest absolute Gasteiger partial charge is 0.489 e. The summed E-state index contributed by atoms with van der Waals surface area (Å²) in [4.78, 5) is 19.7. The molecule has 1 aliphatic carbocycles. The Hall–Kier alpha value is -2.93. The molecule has 0 saturated heterocycles. The highest BCUT2D eigenvalue weighted by atomic mass is 79.9. The van der Waals surface area contributed by atoms with Crippen molar-refractivity contribution in [3.8, 4) is 5.75 Å². The number of fused-ring (bicyclic) bond motifs is 1. The van der Waals surface area contributed by atoms with Crippen LogP contribution in [0, 0.1) is 11.3 Å². The number of nitrogens with zero attached hydrogens (tertiary/aromatic N) is 1. The minimum atomic E-state index is -0.127. The number of amides is 1. The van der Waals surface area contributed by atoms with Gasteiger partial charge in [-0.25, -0.2) is 4.99 Å². The van der Waals surface area contributed by atoms with Crippen LogP contribution >= 0.6 is 38.9 Å². The Labute approximate surface area is 253 Å². The third-order valence-electron chi connectivity index (χ3n) is 7.33. The van der Waals surface area contributed by atoms with E-state index >= 15 is 0 Å². The Bertz CT molecular complexity index is 1500. The summed E-state index contributed by atoms with van der Waals surface area (Å²) in [5.41, 5.74) is 4.81. The van der Waals surface area contributed by atoms with Gasteiger partial charge in [0.05, 0.1) is 5.56 Å². The Morgan fingerprint density at radius 3 is 2.45 bits per heavy atom. The number of ether oxygens (including phenoxy) is 1.